The molecule has 2 heterocycles. The van der Waals surface area contributed by atoms with Crippen molar-refractivity contribution in [1.29, 1.82) is 0 Å². The van der Waals surface area contributed by atoms with E-state index in [1.54, 1.807) is 0 Å². The number of nitrogens with zero attached hydrogens (tertiary/aromatic N) is 1. The van der Waals surface area contributed by atoms with Crippen LogP contribution in [0.3, 0.4) is 0 Å². The monoisotopic (exact) mass is 233 g/mol. The molecule has 0 amide bonds. The van der Waals surface area contributed by atoms with Gasteiger partial charge in [0, 0.05) is 18.1 Å². The summed E-state index contributed by atoms with van der Waals surface area (Å²) in [5, 5.41) is 1.40. The first-order chi connectivity index (χ1) is 8.93. The lowest BCUT2D eigenvalue weighted by molar-refractivity contribution is 0.636. The second-order valence-electron chi connectivity index (χ2n) is 5.01. The van der Waals surface area contributed by atoms with E-state index in [2.05, 4.69) is 59.3 Å². The Morgan fingerprint density at radius 2 is 1.78 bits per heavy atom. The van der Waals surface area contributed by atoms with Gasteiger partial charge in [0.15, 0.2) is 0 Å². The minimum atomic E-state index is 1.16. The highest BCUT2D eigenvalue weighted by molar-refractivity contribution is 5.97. The van der Waals surface area contributed by atoms with Gasteiger partial charge in [0.2, 0.25) is 0 Å². The molecule has 0 saturated heterocycles. The van der Waals surface area contributed by atoms with Gasteiger partial charge in [-0.2, -0.15) is 0 Å². The predicted molar refractivity (Wildman–Crippen MR) is 75.7 cm³/mol. The lowest BCUT2D eigenvalue weighted by Crippen LogP contribution is -2.06. The topological polar surface area (TPSA) is 4.93 Å². The van der Waals surface area contributed by atoms with Gasteiger partial charge in [-0.05, 0) is 35.6 Å². The van der Waals surface area contributed by atoms with Gasteiger partial charge in [0.05, 0.1) is 5.52 Å². The molecule has 0 aliphatic carbocycles. The van der Waals surface area contributed by atoms with E-state index < -0.39 is 0 Å². The quantitative estimate of drug-likeness (QED) is 0.592. The molecule has 0 N–H and O–H groups in total. The molecule has 18 heavy (non-hydrogen) atoms. The zero-order chi connectivity index (χ0) is 11.9. The van der Waals surface area contributed by atoms with Crippen molar-refractivity contribution in [1.82, 2.24) is 4.57 Å². The Bertz CT molecular complexity index is 707. The Morgan fingerprint density at radius 3 is 2.67 bits per heavy atom. The number of rotatable bonds is 1. The fraction of sp³-hybridized carbons (Fsp3) is 0.176. The second kappa shape index (κ2) is 3.74. The maximum atomic E-state index is 2.40. The van der Waals surface area contributed by atoms with Crippen LogP contribution < -0.4 is 0 Å². The summed E-state index contributed by atoms with van der Waals surface area (Å²) in [5.74, 6) is 0. The van der Waals surface area contributed by atoms with Gasteiger partial charge in [-0.15, -0.1) is 0 Å². The van der Waals surface area contributed by atoms with Crippen molar-refractivity contribution < 1.29 is 0 Å². The smallest absolute Gasteiger partial charge is 0.0519 e. The van der Waals surface area contributed by atoms with E-state index >= 15 is 0 Å². The lowest BCUT2D eigenvalue weighted by Gasteiger charge is -2.17. The molecule has 0 radical (unpaired) electrons. The minimum Gasteiger partial charge on any atom is -0.347 e. The molecule has 0 atom stereocenters. The molecule has 0 saturated carbocycles. The third-order valence-electron chi connectivity index (χ3n) is 3.94. The number of aromatic nitrogens is 1. The molecule has 1 nitrogen and oxygen atoms in total. The van der Waals surface area contributed by atoms with Gasteiger partial charge in [-0.25, -0.2) is 0 Å². The van der Waals surface area contributed by atoms with Crippen molar-refractivity contribution >= 4 is 10.9 Å². The zero-order valence-corrected chi connectivity index (χ0v) is 10.3. The summed E-state index contributed by atoms with van der Waals surface area (Å²) < 4.78 is 2.40. The fourth-order valence-corrected chi connectivity index (χ4v) is 3.10. The highest BCUT2D eigenvalue weighted by Crippen LogP contribution is 2.34. The summed E-state index contributed by atoms with van der Waals surface area (Å²) in [7, 11) is 0. The van der Waals surface area contributed by atoms with E-state index in [1.165, 1.54) is 40.4 Å². The Morgan fingerprint density at radius 1 is 0.889 bits per heavy atom. The van der Waals surface area contributed by atoms with Crippen molar-refractivity contribution in [3.8, 4) is 11.1 Å². The number of hydrogen-bond donors (Lipinski definition) is 0. The van der Waals surface area contributed by atoms with Crippen molar-refractivity contribution in [3.63, 3.8) is 0 Å². The first-order valence-electron chi connectivity index (χ1n) is 6.59. The molecule has 1 aliphatic heterocycles. The standard InChI is InChI=1S/C17H15N/c1-2-5-13(6-3-1)15-9-8-14-7-4-11-18-12-10-16(15)17(14)18/h1-3,5-6,8-10,12H,4,7,11H2. The van der Waals surface area contributed by atoms with Crippen molar-refractivity contribution in [2.45, 2.75) is 19.4 Å². The normalized spacial score (nSPS) is 14.0. The summed E-state index contributed by atoms with van der Waals surface area (Å²) in [6.45, 7) is 1.16. The van der Waals surface area contributed by atoms with Gasteiger partial charge < -0.3 is 4.57 Å². The van der Waals surface area contributed by atoms with Gasteiger partial charge in [0.25, 0.3) is 0 Å². The van der Waals surface area contributed by atoms with E-state index in [1.807, 2.05) is 0 Å². The Hall–Kier alpha value is -2.02. The SMILES string of the molecule is c1ccc(-c2ccc3c4c2ccn4CCC3)cc1. The molecule has 0 unspecified atom stereocenters. The molecular formula is C17H15N. The van der Waals surface area contributed by atoms with Crippen LogP contribution >= 0.6 is 0 Å². The van der Waals surface area contributed by atoms with Crippen LogP contribution in [0.1, 0.15) is 12.0 Å². The summed E-state index contributed by atoms with van der Waals surface area (Å²) in [6, 6.07) is 17.5. The molecule has 1 aliphatic rings. The molecule has 4 rings (SSSR count). The third kappa shape index (κ3) is 1.34. The van der Waals surface area contributed by atoms with Crippen LogP contribution in [-0.2, 0) is 13.0 Å². The summed E-state index contributed by atoms with van der Waals surface area (Å²) >= 11 is 0. The number of hydrogen-bond acceptors (Lipinski definition) is 0. The van der Waals surface area contributed by atoms with Gasteiger partial charge in [-0.3, -0.25) is 0 Å². The summed E-state index contributed by atoms with van der Waals surface area (Å²) in [6.07, 6.45) is 4.72. The molecule has 0 bridgehead atoms. The van der Waals surface area contributed by atoms with Crippen LogP contribution in [0.15, 0.2) is 54.7 Å². The lowest BCUT2D eigenvalue weighted by atomic mass is 9.96. The fourth-order valence-electron chi connectivity index (χ4n) is 3.10. The van der Waals surface area contributed by atoms with Crippen LogP contribution in [0.4, 0.5) is 0 Å². The molecule has 88 valence electrons. The Kier molecular flexibility index (Phi) is 2.07. The highest BCUT2D eigenvalue weighted by atomic mass is 15.0. The van der Waals surface area contributed by atoms with Crippen LogP contribution in [0.25, 0.3) is 22.0 Å². The van der Waals surface area contributed by atoms with Crippen LogP contribution in [0.5, 0.6) is 0 Å². The zero-order valence-electron chi connectivity index (χ0n) is 10.3. The second-order valence-corrected chi connectivity index (χ2v) is 5.01. The third-order valence-corrected chi connectivity index (χ3v) is 3.94. The largest absolute Gasteiger partial charge is 0.347 e. The Balaban J connectivity index is 2.04. The first kappa shape index (κ1) is 9.95. The Labute approximate surface area is 107 Å². The van der Waals surface area contributed by atoms with E-state index in [-0.39, 0.29) is 0 Å². The van der Waals surface area contributed by atoms with E-state index in [4.69, 9.17) is 0 Å². The molecular weight excluding hydrogens is 218 g/mol. The van der Waals surface area contributed by atoms with Gasteiger partial charge in [-0.1, -0.05) is 42.5 Å². The van der Waals surface area contributed by atoms with E-state index in [0.717, 1.165) is 6.54 Å². The maximum absolute atomic E-state index is 2.40. The number of aryl methyl sites for hydroxylation is 2. The summed E-state index contributed by atoms with van der Waals surface area (Å²) in [4.78, 5) is 0. The number of benzene rings is 2. The average molecular weight is 233 g/mol. The highest BCUT2D eigenvalue weighted by Gasteiger charge is 2.14. The van der Waals surface area contributed by atoms with Crippen LogP contribution in [-0.4, -0.2) is 4.57 Å². The van der Waals surface area contributed by atoms with Crippen molar-refractivity contribution in [3.05, 3.63) is 60.3 Å². The van der Waals surface area contributed by atoms with Gasteiger partial charge >= 0.3 is 0 Å². The predicted octanol–water partition coefficient (Wildman–Crippen LogP) is 4.25. The minimum absolute atomic E-state index is 1.16. The van der Waals surface area contributed by atoms with E-state index in [0.29, 0.717) is 0 Å². The van der Waals surface area contributed by atoms with Gasteiger partial charge in [0.1, 0.15) is 0 Å². The molecule has 1 heteroatoms. The molecule has 2 aromatic carbocycles. The average Bonchev–Trinajstić information content (AvgIpc) is 2.87. The first-order valence-corrected chi connectivity index (χ1v) is 6.59. The summed E-state index contributed by atoms with van der Waals surface area (Å²) in [5.41, 5.74) is 5.62. The molecule has 1 aromatic heterocycles. The molecule has 0 spiro atoms. The van der Waals surface area contributed by atoms with Crippen LogP contribution in [0, 0.1) is 0 Å². The van der Waals surface area contributed by atoms with Crippen molar-refractivity contribution in [2.24, 2.45) is 0 Å². The van der Waals surface area contributed by atoms with Crippen LogP contribution in [0.2, 0.25) is 0 Å². The van der Waals surface area contributed by atoms with E-state index in [9.17, 15) is 0 Å². The van der Waals surface area contributed by atoms with Crippen molar-refractivity contribution in [2.75, 3.05) is 0 Å². The maximum Gasteiger partial charge on any atom is 0.0519 e. The molecule has 0 fully saturated rings. The molecule has 3 aromatic rings.